The van der Waals surface area contributed by atoms with Crippen molar-refractivity contribution in [1.82, 2.24) is 0 Å². The Morgan fingerprint density at radius 1 is 1.06 bits per heavy atom. The second-order valence-corrected chi connectivity index (χ2v) is 5.78. The van der Waals surface area contributed by atoms with Crippen LogP contribution in [-0.4, -0.2) is 5.75 Å². The molecule has 0 aliphatic heterocycles. The largest absolute Gasteiger partial charge is 0.399 e. The first kappa shape index (κ1) is 14.4. The highest BCUT2D eigenvalue weighted by molar-refractivity contribution is 7.99. The molecule has 96 valence electrons. The summed E-state index contributed by atoms with van der Waals surface area (Å²) >= 11 is 1.96. The van der Waals surface area contributed by atoms with E-state index in [2.05, 4.69) is 26.0 Å². The Balaban J connectivity index is 2.14. The normalized spacial score (nSPS) is 10.7. The van der Waals surface area contributed by atoms with E-state index >= 15 is 0 Å². The van der Waals surface area contributed by atoms with Gasteiger partial charge in [0.25, 0.3) is 0 Å². The van der Waals surface area contributed by atoms with Gasteiger partial charge in [0.1, 0.15) is 0 Å². The van der Waals surface area contributed by atoms with E-state index < -0.39 is 0 Å². The van der Waals surface area contributed by atoms with Crippen LogP contribution >= 0.6 is 11.8 Å². The minimum atomic E-state index is 0.867. The SMILES string of the molecule is CCCCCCCCSc1ccc(N)cc1C. The van der Waals surface area contributed by atoms with E-state index in [9.17, 15) is 0 Å². The number of hydrogen-bond donors (Lipinski definition) is 1. The summed E-state index contributed by atoms with van der Waals surface area (Å²) in [5.41, 5.74) is 7.91. The first-order valence-electron chi connectivity index (χ1n) is 6.73. The van der Waals surface area contributed by atoms with Gasteiger partial charge in [-0.2, -0.15) is 0 Å². The van der Waals surface area contributed by atoms with Gasteiger partial charge in [-0.15, -0.1) is 11.8 Å². The van der Waals surface area contributed by atoms with E-state index in [4.69, 9.17) is 5.73 Å². The molecule has 2 heteroatoms. The van der Waals surface area contributed by atoms with Gasteiger partial charge in [-0.3, -0.25) is 0 Å². The van der Waals surface area contributed by atoms with Crippen molar-refractivity contribution >= 4 is 17.4 Å². The maximum Gasteiger partial charge on any atom is 0.0317 e. The molecule has 17 heavy (non-hydrogen) atoms. The van der Waals surface area contributed by atoms with Crippen LogP contribution in [0.3, 0.4) is 0 Å². The van der Waals surface area contributed by atoms with Crippen LogP contribution in [0.25, 0.3) is 0 Å². The highest BCUT2D eigenvalue weighted by Gasteiger charge is 1.99. The molecule has 0 fully saturated rings. The van der Waals surface area contributed by atoms with Crippen molar-refractivity contribution in [3.63, 3.8) is 0 Å². The minimum Gasteiger partial charge on any atom is -0.399 e. The van der Waals surface area contributed by atoms with Crippen LogP contribution in [0.5, 0.6) is 0 Å². The number of nitrogens with two attached hydrogens (primary N) is 1. The van der Waals surface area contributed by atoms with Gasteiger partial charge in [-0.25, -0.2) is 0 Å². The lowest BCUT2D eigenvalue weighted by Gasteiger charge is -2.06. The first-order valence-corrected chi connectivity index (χ1v) is 7.71. The highest BCUT2D eigenvalue weighted by atomic mass is 32.2. The number of benzene rings is 1. The number of hydrogen-bond acceptors (Lipinski definition) is 2. The zero-order valence-corrected chi connectivity index (χ0v) is 12.0. The van der Waals surface area contributed by atoms with Crippen molar-refractivity contribution in [2.45, 2.75) is 57.3 Å². The molecule has 0 atom stereocenters. The van der Waals surface area contributed by atoms with E-state index in [1.807, 2.05) is 17.8 Å². The number of aryl methyl sites for hydroxylation is 1. The summed E-state index contributed by atoms with van der Waals surface area (Å²) in [4.78, 5) is 1.38. The second kappa shape index (κ2) is 8.46. The molecule has 0 saturated heterocycles. The Morgan fingerprint density at radius 2 is 1.76 bits per heavy atom. The summed E-state index contributed by atoms with van der Waals surface area (Å²) in [5.74, 6) is 1.23. The number of nitrogen functional groups attached to an aromatic ring is 1. The van der Waals surface area contributed by atoms with E-state index in [1.165, 1.54) is 54.7 Å². The first-order chi connectivity index (χ1) is 8.24. The van der Waals surface area contributed by atoms with Gasteiger partial charge in [0.15, 0.2) is 0 Å². The predicted octanol–water partition coefficient (Wildman–Crippen LogP) is 5.03. The fourth-order valence-corrected chi connectivity index (χ4v) is 2.92. The molecule has 0 aliphatic rings. The van der Waals surface area contributed by atoms with Gasteiger partial charge < -0.3 is 5.73 Å². The van der Waals surface area contributed by atoms with Gasteiger partial charge in [0, 0.05) is 10.6 Å². The van der Waals surface area contributed by atoms with Crippen molar-refractivity contribution in [2.24, 2.45) is 0 Å². The fraction of sp³-hybridized carbons (Fsp3) is 0.600. The lowest BCUT2D eigenvalue weighted by atomic mass is 10.1. The number of rotatable bonds is 8. The molecule has 0 amide bonds. The standard InChI is InChI=1S/C15H25NS/c1-3-4-5-6-7-8-11-17-15-10-9-14(16)12-13(15)2/h9-10,12H,3-8,11,16H2,1-2H3. The van der Waals surface area contributed by atoms with Crippen LogP contribution in [0.1, 0.15) is 51.0 Å². The second-order valence-electron chi connectivity index (χ2n) is 4.64. The molecule has 0 radical (unpaired) electrons. The van der Waals surface area contributed by atoms with Crippen LogP contribution in [0.2, 0.25) is 0 Å². The molecular weight excluding hydrogens is 226 g/mol. The third-order valence-electron chi connectivity index (χ3n) is 2.95. The average Bonchev–Trinajstić information content (AvgIpc) is 2.30. The Hall–Kier alpha value is -0.630. The van der Waals surface area contributed by atoms with Crippen molar-refractivity contribution in [3.05, 3.63) is 23.8 Å². The Labute approximate surface area is 110 Å². The lowest BCUT2D eigenvalue weighted by molar-refractivity contribution is 0.627. The summed E-state index contributed by atoms with van der Waals surface area (Å²) in [6.07, 6.45) is 8.24. The zero-order valence-electron chi connectivity index (χ0n) is 11.2. The van der Waals surface area contributed by atoms with Crippen LogP contribution in [-0.2, 0) is 0 Å². The molecule has 1 aromatic carbocycles. The van der Waals surface area contributed by atoms with Gasteiger partial charge in [-0.05, 0) is 42.9 Å². The summed E-state index contributed by atoms with van der Waals surface area (Å²) in [6, 6.07) is 6.20. The van der Waals surface area contributed by atoms with Crippen molar-refractivity contribution < 1.29 is 0 Å². The number of unbranched alkanes of at least 4 members (excludes halogenated alkanes) is 5. The molecule has 0 saturated carbocycles. The zero-order chi connectivity index (χ0) is 12.5. The molecule has 2 N–H and O–H groups in total. The third-order valence-corrected chi connectivity index (χ3v) is 4.22. The highest BCUT2D eigenvalue weighted by Crippen LogP contribution is 2.25. The summed E-state index contributed by atoms with van der Waals surface area (Å²) < 4.78 is 0. The average molecular weight is 251 g/mol. The monoisotopic (exact) mass is 251 g/mol. The Kier molecular flexibility index (Phi) is 7.18. The minimum absolute atomic E-state index is 0.867. The van der Waals surface area contributed by atoms with Crippen LogP contribution in [0, 0.1) is 6.92 Å². The quantitative estimate of drug-likeness (QED) is 0.398. The molecular formula is C15H25NS. The van der Waals surface area contributed by atoms with Gasteiger partial charge in [-0.1, -0.05) is 39.0 Å². The number of thioether (sulfide) groups is 1. The van der Waals surface area contributed by atoms with E-state index in [0.29, 0.717) is 0 Å². The van der Waals surface area contributed by atoms with Crippen molar-refractivity contribution in [3.8, 4) is 0 Å². The molecule has 0 aliphatic carbocycles. The topological polar surface area (TPSA) is 26.0 Å². The molecule has 1 aromatic rings. The third kappa shape index (κ3) is 6.02. The molecule has 1 rings (SSSR count). The van der Waals surface area contributed by atoms with Gasteiger partial charge >= 0.3 is 0 Å². The Morgan fingerprint density at radius 3 is 2.47 bits per heavy atom. The van der Waals surface area contributed by atoms with Crippen molar-refractivity contribution in [1.29, 1.82) is 0 Å². The fourth-order valence-electron chi connectivity index (χ4n) is 1.90. The lowest BCUT2D eigenvalue weighted by Crippen LogP contribution is -1.88. The summed E-state index contributed by atoms with van der Waals surface area (Å²) in [5, 5.41) is 0. The molecule has 1 nitrogen and oxygen atoms in total. The number of anilines is 1. The van der Waals surface area contributed by atoms with Crippen LogP contribution in [0.15, 0.2) is 23.1 Å². The Bertz CT molecular complexity index is 323. The summed E-state index contributed by atoms with van der Waals surface area (Å²) in [7, 11) is 0. The summed E-state index contributed by atoms with van der Waals surface area (Å²) in [6.45, 7) is 4.40. The molecule has 0 bridgehead atoms. The smallest absolute Gasteiger partial charge is 0.0317 e. The van der Waals surface area contributed by atoms with Gasteiger partial charge in [0.2, 0.25) is 0 Å². The van der Waals surface area contributed by atoms with E-state index in [1.54, 1.807) is 0 Å². The molecule has 0 aromatic heterocycles. The molecule has 0 unspecified atom stereocenters. The van der Waals surface area contributed by atoms with Crippen LogP contribution in [0.4, 0.5) is 5.69 Å². The van der Waals surface area contributed by atoms with E-state index in [0.717, 1.165) is 5.69 Å². The van der Waals surface area contributed by atoms with E-state index in [-0.39, 0.29) is 0 Å². The van der Waals surface area contributed by atoms with Crippen LogP contribution < -0.4 is 5.73 Å². The van der Waals surface area contributed by atoms with Gasteiger partial charge in [0.05, 0.1) is 0 Å². The predicted molar refractivity (Wildman–Crippen MR) is 79.7 cm³/mol. The molecule has 0 heterocycles. The molecule has 0 spiro atoms. The van der Waals surface area contributed by atoms with Crippen molar-refractivity contribution in [2.75, 3.05) is 11.5 Å². The maximum atomic E-state index is 5.74. The maximum absolute atomic E-state index is 5.74.